The Bertz CT molecular complexity index is 1330. The van der Waals surface area contributed by atoms with Gasteiger partial charge in [-0.25, -0.2) is 4.98 Å². The van der Waals surface area contributed by atoms with Gasteiger partial charge in [0.05, 0.1) is 22.9 Å². The van der Waals surface area contributed by atoms with E-state index in [1.165, 1.54) is 27.6 Å². The van der Waals surface area contributed by atoms with Crippen LogP contribution in [0.25, 0.3) is 16.0 Å². The number of methoxy groups -OCH3 is 1. The first-order chi connectivity index (χ1) is 15.1. The molecule has 5 rings (SSSR count). The van der Waals surface area contributed by atoms with Crippen LogP contribution in [-0.2, 0) is 9.59 Å². The van der Waals surface area contributed by atoms with Crippen molar-refractivity contribution in [2.75, 3.05) is 12.0 Å². The normalized spacial score (nSPS) is 18.1. The van der Waals surface area contributed by atoms with Gasteiger partial charge >= 0.3 is 5.91 Å². The van der Waals surface area contributed by atoms with E-state index in [4.69, 9.17) is 4.74 Å². The van der Waals surface area contributed by atoms with Gasteiger partial charge in [-0.3, -0.25) is 14.5 Å². The highest BCUT2D eigenvalue weighted by Gasteiger charge is 2.48. The molecular formula is C23H16N2O4S2. The molecule has 1 unspecified atom stereocenters. The Morgan fingerprint density at radius 2 is 1.90 bits per heavy atom. The summed E-state index contributed by atoms with van der Waals surface area (Å²) in [6, 6.07) is 17.2. The second-order valence-electron chi connectivity index (χ2n) is 6.88. The molecule has 31 heavy (non-hydrogen) atoms. The molecule has 6 nitrogen and oxygen atoms in total. The third-order valence-electron chi connectivity index (χ3n) is 5.09. The van der Waals surface area contributed by atoms with Gasteiger partial charge in [0.1, 0.15) is 17.6 Å². The molecule has 0 saturated carbocycles. The smallest absolute Gasteiger partial charge is 0.301 e. The summed E-state index contributed by atoms with van der Waals surface area (Å²) in [5.74, 6) is -0.940. The second kappa shape index (κ2) is 7.64. The molecule has 8 heteroatoms. The topological polar surface area (TPSA) is 79.7 Å². The van der Waals surface area contributed by atoms with Gasteiger partial charge in [0.15, 0.2) is 5.13 Å². The van der Waals surface area contributed by atoms with Crippen LogP contribution in [-0.4, -0.2) is 28.9 Å². The fraction of sp³-hybridized carbons (Fsp3) is 0.0870. The van der Waals surface area contributed by atoms with Crippen molar-refractivity contribution >= 4 is 55.5 Å². The second-order valence-corrected chi connectivity index (χ2v) is 8.87. The predicted octanol–water partition coefficient (Wildman–Crippen LogP) is 4.99. The average molecular weight is 449 g/mol. The Morgan fingerprint density at radius 3 is 2.61 bits per heavy atom. The number of anilines is 1. The van der Waals surface area contributed by atoms with Crippen LogP contribution in [0.5, 0.6) is 5.75 Å². The summed E-state index contributed by atoms with van der Waals surface area (Å²) < 4.78 is 6.12. The van der Waals surface area contributed by atoms with Gasteiger partial charge in [0.2, 0.25) is 0 Å². The van der Waals surface area contributed by atoms with Crippen LogP contribution < -0.4 is 9.64 Å². The zero-order valence-electron chi connectivity index (χ0n) is 16.3. The van der Waals surface area contributed by atoms with Crippen LogP contribution in [0.15, 0.2) is 71.6 Å². The van der Waals surface area contributed by atoms with Crippen molar-refractivity contribution in [2.45, 2.75) is 6.04 Å². The Hall–Kier alpha value is -3.49. The number of aliphatic hydroxyl groups is 1. The molecular weight excluding hydrogens is 432 g/mol. The fourth-order valence-electron chi connectivity index (χ4n) is 3.62. The van der Waals surface area contributed by atoms with E-state index in [0.29, 0.717) is 22.0 Å². The number of fused-ring (bicyclic) bond motifs is 1. The van der Waals surface area contributed by atoms with Crippen LogP contribution in [0, 0.1) is 0 Å². The zero-order valence-corrected chi connectivity index (χ0v) is 17.9. The average Bonchev–Trinajstić information content (AvgIpc) is 3.52. The third kappa shape index (κ3) is 3.20. The number of hydrogen-bond donors (Lipinski definition) is 1. The molecule has 0 bridgehead atoms. The first kappa shape index (κ1) is 19.5. The van der Waals surface area contributed by atoms with Gasteiger partial charge < -0.3 is 9.84 Å². The third-order valence-corrected chi connectivity index (χ3v) is 7.04. The van der Waals surface area contributed by atoms with Crippen LogP contribution in [0.2, 0.25) is 0 Å². The number of carbonyl (C=O) groups is 2. The molecule has 1 saturated heterocycles. The van der Waals surface area contributed by atoms with E-state index in [1.54, 1.807) is 37.4 Å². The van der Waals surface area contributed by atoms with Crippen molar-refractivity contribution in [3.8, 4) is 5.75 Å². The molecule has 154 valence electrons. The Labute approximate surface area is 185 Å². The number of rotatable bonds is 4. The maximum Gasteiger partial charge on any atom is 0.301 e. The number of carbonyl (C=O) groups excluding carboxylic acids is 2. The molecule has 2 aromatic heterocycles. The van der Waals surface area contributed by atoms with Crippen molar-refractivity contribution in [3.63, 3.8) is 0 Å². The lowest BCUT2D eigenvalue weighted by molar-refractivity contribution is -0.132. The lowest BCUT2D eigenvalue weighted by atomic mass is 10.00. The van der Waals surface area contributed by atoms with Crippen molar-refractivity contribution in [1.82, 2.24) is 4.98 Å². The maximum absolute atomic E-state index is 13.1. The quantitative estimate of drug-likeness (QED) is 0.270. The number of nitrogens with zero attached hydrogens (tertiary/aromatic N) is 2. The van der Waals surface area contributed by atoms with E-state index >= 15 is 0 Å². The van der Waals surface area contributed by atoms with Crippen LogP contribution in [0.4, 0.5) is 5.13 Å². The van der Waals surface area contributed by atoms with Crippen LogP contribution in [0.1, 0.15) is 16.5 Å². The van der Waals surface area contributed by atoms with Gasteiger partial charge in [0.25, 0.3) is 5.78 Å². The molecule has 1 fully saturated rings. The molecule has 1 amide bonds. The number of amides is 1. The number of aromatic nitrogens is 1. The fourth-order valence-corrected chi connectivity index (χ4v) is 5.46. The summed E-state index contributed by atoms with van der Waals surface area (Å²) in [7, 11) is 1.59. The minimum absolute atomic E-state index is 0.0653. The van der Waals surface area contributed by atoms with E-state index < -0.39 is 17.7 Å². The van der Waals surface area contributed by atoms with Crippen LogP contribution >= 0.6 is 22.7 Å². The number of ether oxygens (including phenoxy) is 1. The highest BCUT2D eigenvalue weighted by Crippen LogP contribution is 2.45. The number of benzene rings is 2. The first-order valence-electron chi connectivity index (χ1n) is 9.43. The van der Waals surface area contributed by atoms with Gasteiger partial charge in [0, 0.05) is 10.4 Å². The molecule has 2 aromatic carbocycles. The van der Waals surface area contributed by atoms with E-state index in [-0.39, 0.29) is 11.3 Å². The largest absolute Gasteiger partial charge is 0.507 e. The lowest BCUT2D eigenvalue weighted by Crippen LogP contribution is -2.28. The van der Waals surface area contributed by atoms with Gasteiger partial charge in [-0.2, -0.15) is 0 Å². The van der Waals surface area contributed by atoms with Gasteiger partial charge in [-0.15, -0.1) is 11.3 Å². The lowest BCUT2D eigenvalue weighted by Gasteiger charge is -2.21. The zero-order chi connectivity index (χ0) is 21.5. The molecule has 0 aliphatic carbocycles. The summed E-state index contributed by atoms with van der Waals surface area (Å²) in [4.78, 5) is 33.0. The van der Waals surface area contributed by atoms with E-state index in [0.717, 1.165) is 9.58 Å². The van der Waals surface area contributed by atoms with Gasteiger partial charge in [-0.05, 0) is 29.6 Å². The van der Waals surface area contributed by atoms with Gasteiger partial charge in [-0.1, -0.05) is 47.7 Å². The Kier molecular flexibility index (Phi) is 4.80. The summed E-state index contributed by atoms with van der Waals surface area (Å²) in [5.41, 5.74) is 1.25. The van der Waals surface area contributed by atoms with E-state index in [1.807, 2.05) is 35.7 Å². The monoisotopic (exact) mass is 448 g/mol. The summed E-state index contributed by atoms with van der Waals surface area (Å²) in [6.45, 7) is 0. The number of aliphatic hydroxyl groups excluding tert-OH is 1. The number of thiophene rings is 1. The summed E-state index contributed by atoms with van der Waals surface area (Å²) >= 11 is 2.72. The number of thiazole rings is 1. The SMILES string of the molecule is COc1ccc2nc(N3C(=O)C(=O)/C(=C(/O)c4ccccc4)C3c3cccs3)sc2c1. The van der Waals surface area contributed by atoms with Crippen molar-refractivity contribution in [3.05, 3.63) is 82.1 Å². The standard InChI is InChI=1S/C23H16N2O4S2/c1-29-14-9-10-15-17(12-14)31-23(24-15)25-19(16-8-5-11-30-16)18(21(27)22(25)28)20(26)13-6-3-2-4-7-13/h2-12,19,26H,1H3/b20-18+. The first-order valence-corrected chi connectivity index (χ1v) is 11.1. The Morgan fingerprint density at radius 1 is 1.10 bits per heavy atom. The summed E-state index contributed by atoms with van der Waals surface area (Å²) in [6.07, 6.45) is 0. The minimum atomic E-state index is -0.748. The predicted molar refractivity (Wildman–Crippen MR) is 122 cm³/mol. The molecule has 0 spiro atoms. The Balaban J connectivity index is 1.70. The van der Waals surface area contributed by atoms with Crippen molar-refractivity contribution < 1.29 is 19.4 Å². The van der Waals surface area contributed by atoms with E-state index in [2.05, 4.69) is 4.98 Å². The molecule has 3 heterocycles. The summed E-state index contributed by atoms with van der Waals surface area (Å²) in [5, 5.41) is 13.3. The highest BCUT2D eigenvalue weighted by atomic mass is 32.1. The molecule has 4 aromatic rings. The maximum atomic E-state index is 13.1. The van der Waals surface area contributed by atoms with Crippen molar-refractivity contribution in [2.24, 2.45) is 0 Å². The van der Waals surface area contributed by atoms with E-state index in [9.17, 15) is 14.7 Å². The number of hydrogen-bond acceptors (Lipinski definition) is 7. The molecule has 1 aliphatic rings. The van der Waals surface area contributed by atoms with Crippen molar-refractivity contribution in [1.29, 1.82) is 0 Å². The molecule has 0 radical (unpaired) electrons. The number of Topliss-reactive ketones (excluding diaryl/α,β-unsaturated/α-hetero) is 1. The number of ketones is 1. The molecule has 1 atom stereocenters. The molecule has 1 aliphatic heterocycles. The highest BCUT2D eigenvalue weighted by molar-refractivity contribution is 7.22. The van der Waals surface area contributed by atoms with Crippen LogP contribution in [0.3, 0.4) is 0 Å². The molecule has 1 N–H and O–H groups in total. The minimum Gasteiger partial charge on any atom is -0.507 e.